The van der Waals surface area contributed by atoms with Gasteiger partial charge in [-0.3, -0.25) is 10.1 Å². The van der Waals surface area contributed by atoms with E-state index in [-0.39, 0.29) is 11.4 Å². The number of amides is 1. The zero-order chi connectivity index (χ0) is 25.2. The Kier molecular flexibility index (Phi) is 6.70. The molecule has 0 radical (unpaired) electrons. The van der Waals surface area contributed by atoms with Crippen molar-refractivity contribution in [3.63, 3.8) is 0 Å². The number of anilines is 1. The Morgan fingerprint density at radius 3 is 2.11 bits per heavy atom. The Bertz CT molecular complexity index is 1200. The number of hydrogen-bond donors (Lipinski definition) is 1. The van der Waals surface area contributed by atoms with E-state index in [0.717, 1.165) is 29.5 Å². The molecule has 0 bridgehead atoms. The summed E-state index contributed by atoms with van der Waals surface area (Å²) in [5.41, 5.74) is 4.49. The van der Waals surface area contributed by atoms with E-state index in [0.29, 0.717) is 30.2 Å². The van der Waals surface area contributed by atoms with Gasteiger partial charge in [-0.2, -0.15) is 0 Å². The van der Waals surface area contributed by atoms with E-state index in [9.17, 15) is 9.59 Å². The van der Waals surface area contributed by atoms with Crippen LogP contribution in [0, 0.1) is 6.92 Å². The number of carbonyl (C=O) groups is 2. The number of ether oxygens (including phenoxy) is 2. The second kappa shape index (κ2) is 9.56. The molecule has 7 heteroatoms. The van der Waals surface area contributed by atoms with Crippen molar-refractivity contribution in [1.29, 1.82) is 0 Å². The summed E-state index contributed by atoms with van der Waals surface area (Å²) in [6.45, 7) is 9.44. The summed E-state index contributed by atoms with van der Waals surface area (Å²) in [6.07, 6.45) is 1.90. The zero-order valence-corrected chi connectivity index (χ0v) is 20.9. The van der Waals surface area contributed by atoms with Gasteiger partial charge < -0.3 is 14.0 Å². The van der Waals surface area contributed by atoms with E-state index in [1.165, 1.54) is 5.56 Å². The minimum Gasteiger partial charge on any atom is -0.466 e. The standard InChI is InChI=1S/C28H32N2O5/c1-6-33-23(31)17-28(15-16-28)22-13-11-20(12-14-22)19-7-9-21(10-8-19)25-24(18(2)30-35-25)29-26(32)34-27(3,4)5/h7-14H,6,15-17H2,1-5H3,(H,29,32). The molecule has 0 spiro atoms. The molecule has 1 aliphatic carbocycles. The smallest absolute Gasteiger partial charge is 0.412 e. The van der Waals surface area contributed by atoms with Gasteiger partial charge in [0.05, 0.1) is 13.0 Å². The first-order valence-electron chi connectivity index (χ1n) is 11.9. The molecule has 0 atom stereocenters. The fraction of sp³-hybridized carbons (Fsp3) is 0.393. The van der Waals surface area contributed by atoms with Crippen LogP contribution < -0.4 is 5.32 Å². The number of carbonyl (C=O) groups excluding carboxylic acids is 2. The lowest BCUT2D eigenvalue weighted by atomic mass is 9.91. The molecule has 0 saturated heterocycles. The lowest BCUT2D eigenvalue weighted by Crippen LogP contribution is -2.27. The number of aryl methyl sites for hydroxylation is 1. The number of benzene rings is 2. The molecular formula is C28H32N2O5. The van der Waals surface area contributed by atoms with E-state index in [4.69, 9.17) is 14.0 Å². The van der Waals surface area contributed by atoms with Crippen molar-refractivity contribution in [3.8, 4) is 22.5 Å². The topological polar surface area (TPSA) is 90.7 Å². The summed E-state index contributed by atoms with van der Waals surface area (Å²) in [7, 11) is 0. The fourth-order valence-electron chi connectivity index (χ4n) is 4.16. The van der Waals surface area contributed by atoms with Crippen LogP contribution in [0.5, 0.6) is 0 Å². The monoisotopic (exact) mass is 476 g/mol. The fourth-order valence-corrected chi connectivity index (χ4v) is 4.16. The minimum atomic E-state index is -0.607. The normalized spacial score (nSPS) is 14.3. The molecule has 1 fully saturated rings. The van der Waals surface area contributed by atoms with Crippen molar-refractivity contribution >= 4 is 17.7 Å². The molecule has 3 aromatic rings. The molecule has 2 aromatic carbocycles. The number of nitrogens with one attached hydrogen (secondary N) is 1. The van der Waals surface area contributed by atoms with Gasteiger partial charge in [0.15, 0.2) is 5.76 Å². The maximum absolute atomic E-state index is 12.3. The third kappa shape index (κ3) is 5.73. The van der Waals surface area contributed by atoms with Crippen LogP contribution in [-0.2, 0) is 19.7 Å². The van der Waals surface area contributed by atoms with E-state index >= 15 is 0 Å². The maximum atomic E-state index is 12.3. The summed E-state index contributed by atoms with van der Waals surface area (Å²) in [4.78, 5) is 24.3. The SMILES string of the molecule is CCOC(=O)CC1(c2ccc(-c3ccc(-c4onc(C)c4NC(=O)OC(C)(C)C)cc3)cc2)CC1. The second-order valence-electron chi connectivity index (χ2n) is 10.0. The van der Waals surface area contributed by atoms with Gasteiger partial charge in [0.2, 0.25) is 0 Å². The van der Waals surface area contributed by atoms with Gasteiger partial charge in [0, 0.05) is 11.0 Å². The minimum absolute atomic E-state index is 0.0731. The molecule has 1 amide bonds. The summed E-state index contributed by atoms with van der Waals surface area (Å²) in [5, 5.41) is 6.77. The third-order valence-corrected chi connectivity index (χ3v) is 6.11. The molecule has 1 aromatic heterocycles. The molecule has 1 heterocycles. The molecular weight excluding hydrogens is 444 g/mol. The molecule has 7 nitrogen and oxygen atoms in total. The Morgan fingerprint density at radius 2 is 1.57 bits per heavy atom. The highest BCUT2D eigenvalue weighted by Crippen LogP contribution is 2.51. The van der Waals surface area contributed by atoms with Crippen LogP contribution in [0.4, 0.5) is 10.5 Å². The summed E-state index contributed by atoms with van der Waals surface area (Å²) < 4.78 is 16.0. The first-order chi connectivity index (χ1) is 16.6. The largest absolute Gasteiger partial charge is 0.466 e. The van der Waals surface area contributed by atoms with Crippen molar-refractivity contribution in [3.05, 3.63) is 59.8 Å². The van der Waals surface area contributed by atoms with E-state index in [1.54, 1.807) is 6.92 Å². The van der Waals surface area contributed by atoms with E-state index in [1.807, 2.05) is 52.0 Å². The molecule has 4 rings (SSSR count). The highest BCUT2D eigenvalue weighted by molar-refractivity contribution is 5.91. The quantitative estimate of drug-likeness (QED) is 0.384. The molecule has 1 saturated carbocycles. The van der Waals surface area contributed by atoms with Crippen molar-refractivity contribution in [2.75, 3.05) is 11.9 Å². The molecule has 0 unspecified atom stereocenters. The molecule has 35 heavy (non-hydrogen) atoms. The first-order valence-corrected chi connectivity index (χ1v) is 11.9. The van der Waals surface area contributed by atoms with Gasteiger partial charge in [-0.05, 0) is 64.2 Å². The number of aromatic nitrogens is 1. The second-order valence-corrected chi connectivity index (χ2v) is 10.0. The van der Waals surface area contributed by atoms with Crippen LogP contribution in [0.3, 0.4) is 0 Å². The third-order valence-electron chi connectivity index (χ3n) is 6.11. The first kappa shape index (κ1) is 24.5. The Labute approximate surface area is 205 Å². The van der Waals surface area contributed by atoms with Crippen molar-refractivity contribution < 1.29 is 23.6 Å². The number of nitrogens with zero attached hydrogens (tertiary/aromatic N) is 1. The van der Waals surface area contributed by atoms with Crippen molar-refractivity contribution in [2.24, 2.45) is 0 Å². The van der Waals surface area contributed by atoms with Gasteiger partial charge in [-0.1, -0.05) is 53.7 Å². The number of esters is 1. The van der Waals surface area contributed by atoms with E-state index in [2.05, 4.69) is 34.7 Å². The lowest BCUT2D eigenvalue weighted by Gasteiger charge is -2.19. The van der Waals surface area contributed by atoms with Crippen LogP contribution in [0.15, 0.2) is 53.1 Å². The van der Waals surface area contributed by atoms with E-state index < -0.39 is 11.7 Å². The van der Waals surface area contributed by atoms with Crippen LogP contribution in [0.2, 0.25) is 0 Å². The zero-order valence-electron chi connectivity index (χ0n) is 20.9. The number of rotatable bonds is 7. The van der Waals surface area contributed by atoms with Crippen molar-refractivity contribution in [2.45, 2.75) is 64.9 Å². The van der Waals surface area contributed by atoms with Gasteiger partial charge in [0.25, 0.3) is 0 Å². The average molecular weight is 477 g/mol. The summed E-state index contributed by atoms with van der Waals surface area (Å²) >= 11 is 0. The average Bonchev–Trinajstić information content (AvgIpc) is 3.49. The predicted octanol–water partition coefficient (Wildman–Crippen LogP) is 6.65. The molecule has 1 aliphatic rings. The molecule has 1 N–H and O–H groups in total. The Hall–Kier alpha value is -3.61. The predicted molar refractivity (Wildman–Crippen MR) is 134 cm³/mol. The van der Waals surface area contributed by atoms with Crippen LogP contribution in [0.25, 0.3) is 22.5 Å². The lowest BCUT2D eigenvalue weighted by molar-refractivity contribution is -0.143. The van der Waals surface area contributed by atoms with Gasteiger partial charge in [0.1, 0.15) is 17.0 Å². The molecule has 0 aliphatic heterocycles. The summed E-state index contributed by atoms with van der Waals surface area (Å²) in [5.74, 6) is 0.345. The van der Waals surface area contributed by atoms with Crippen molar-refractivity contribution in [1.82, 2.24) is 5.16 Å². The maximum Gasteiger partial charge on any atom is 0.412 e. The Morgan fingerprint density at radius 1 is 1.00 bits per heavy atom. The van der Waals surface area contributed by atoms with Crippen LogP contribution in [0.1, 0.15) is 58.2 Å². The highest BCUT2D eigenvalue weighted by atomic mass is 16.6. The van der Waals surface area contributed by atoms with Gasteiger partial charge in [-0.25, -0.2) is 4.79 Å². The Balaban J connectivity index is 1.49. The number of hydrogen-bond acceptors (Lipinski definition) is 6. The van der Waals surface area contributed by atoms with Gasteiger partial charge >= 0.3 is 12.1 Å². The summed E-state index contributed by atoms with van der Waals surface area (Å²) in [6, 6.07) is 16.3. The molecule has 184 valence electrons. The van der Waals surface area contributed by atoms with Crippen LogP contribution in [-0.4, -0.2) is 29.4 Å². The van der Waals surface area contributed by atoms with Crippen LogP contribution >= 0.6 is 0 Å². The van der Waals surface area contributed by atoms with Gasteiger partial charge in [-0.15, -0.1) is 0 Å². The highest BCUT2D eigenvalue weighted by Gasteiger charge is 2.46.